The maximum Gasteiger partial charge on any atom is 0.250 e. The highest BCUT2D eigenvalue weighted by molar-refractivity contribution is 5.85. The molecule has 0 aliphatic heterocycles. The molecule has 1 aliphatic rings. The first kappa shape index (κ1) is 15.7. The van der Waals surface area contributed by atoms with Gasteiger partial charge in [-0.1, -0.05) is 19.3 Å². The van der Waals surface area contributed by atoms with E-state index in [1.54, 1.807) is 0 Å². The van der Waals surface area contributed by atoms with Gasteiger partial charge in [0.2, 0.25) is 0 Å². The Morgan fingerprint density at radius 1 is 1.44 bits per heavy atom. The molecule has 0 aromatic heterocycles. The smallest absolute Gasteiger partial charge is 0.250 e. The van der Waals surface area contributed by atoms with Gasteiger partial charge in [-0.3, -0.25) is 4.79 Å². The SMILES string of the molecule is COC(CN)C(=O)NC1(C)CCCCC1.Cl. The van der Waals surface area contributed by atoms with E-state index in [2.05, 4.69) is 12.2 Å². The van der Waals surface area contributed by atoms with Gasteiger partial charge < -0.3 is 15.8 Å². The van der Waals surface area contributed by atoms with Crippen molar-refractivity contribution in [2.75, 3.05) is 13.7 Å². The van der Waals surface area contributed by atoms with Crippen LogP contribution in [0.4, 0.5) is 0 Å². The van der Waals surface area contributed by atoms with Crippen molar-refractivity contribution in [1.82, 2.24) is 5.32 Å². The van der Waals surface area contributed by atoms with Crippen molar-refractivity contribution in [3.05, 3.63) is 0 Å². The zero-order valence-electron chi connectivity index (χ0n) is 10.1. The second kappa shape index (κ2) is 7.09. The van der Waals surface area contributed by atoms with Gasteiger partial charge in [-0.2, -0.15) is 0 Å². The lowest BCUT2D eigenvalue weighted by molar-refractivity contribution is -0.132. The lowest BCUT2D eigenvalue weighted by atomic mass is 9.83. The van der Waals surface area contributed by atoms with E-state index in [4.69, 9.17) is 10.5 Å². The molecule has 0 aromatic rings. The molecule has 5 heteroatoms. The maximum atomic E-state index is 11.8. The summed E-state index contributed by atoms with van der Waals surface area (Å²) in [4.78, 5) is 11.8. The highest BCUT2D eigenvalue weighted by Crippen LogP contribution is 2.27. The highest BCUT2D eigenvalue weighted by atomic mass is 35.5. The molecule has 3 N–H and O–H groups in total. The van der Waals surface area contributed by atoms with Crippen LogP contribution in [0.25, 0.3) is 0 Å². The molecule has 4 nitrogen and oxygen atoms in total. The molecule has 0 saturated heterocycles. The summed E-state index contributed by atoms with van der Waals surface area (Å²) in [5.74, 6) is -0.0793. The van der Waals surface area contributed by atoms with Gasteiger partial charge in [0.1, 0.15) is 6.10 Å². The molecule has 1 atom stereocenters. The van der Waals surface area contributed by atoms with E-state index in [1.165, 1.54) is 26.4 Å². The van der Waals surface area contributed by atoms with Crippen LogP contribution in [0, 0.1) is 0 Å². The van der Waals surface area contributed by atoms with Gasteiger partial charge in [0.25, 0.3) is 5.91 Å². The topological polar surface area (TPSA) is 64.3 Å². The maximum absolute atomic E-state index is 11.8. The van der Waals surface area contributed by atoms with E-state index < -0.39 is 6.10 Å². The van der Waals surface area contributed by atoms with Gasteiger partial charge >= 0.3 is 0 Å². The lowest BCUT2D eigenvalue weighted by Gasteiger charge is -2.35. The Hall–Kier alpha value is -0.320. The summed E-state index contributed by atoms with van der Waals surface area (Å²) in [7, 11) is 1.51. The van der Waals surface area contributed by atoms with Crippen molar-refractivity contribution >= 4 is 18.3 Å². The predicted octanol–water partition coefficient (Wildman–Crippen LogP) is 1.22. The second-order valence-electron chi connectivity index (χ2n) is 4.57. The Labute approximate surface area is 104 Å². The van der Waals surface area contributed by atoms with Crippen molar-refractivity contribution in [2.45, 2.75) is 50.7 Å². The Morgan fingerprint density at radius 3 is 2.44 bits per heavy atom. The lowest BCUT2D eigenvalue weighted by Crippen LogP contribution is -2.52. The molecule has 1 rings (SSSR count). The average Bonchev–Trinajstić information content (AvgIpc) is 2.19. The fourth-order valence-corrected chi connectivity index (χ4v) is 2.15. The zero-order valence-corrected chi connectivity index (χ0v) is 10.9. The summed E-state index contributed by atoms with van der Waals surface area (Å²) < 4.78 is 5.01. The number of methoxy groups -OCH3 is 1. The number of hydrogen-bond donors (Lipinski definition) is 2. The predicted molar refractivity (Wildman–Crippen MR) is 66.7 cm³/mol. The van der Waals surface area contributed by atoms with Crippen LogP contribution in [0.1, 0.15) is 39.0 Å². The fraction of sp³-hybridized carbons (Fsp3) is 0.909. The first-order valence-corrected chi connectivity index (χ1v) is 5.66. The Bertz CT molecular complexity index is 214. The summed E-state index contributed by atoms with van der Waals surface area (Å²) in [6, 6.07) is 0. The molecule has 1 amide bonds. The molecule has 16 heavy (non-hydrogen) atoms. The van der Waals surface area contributed by atoms with Gasteiger partial charge in [-0.05, 0) is 19.8 Å². The molecule has 1 unspecified atom stereocenters. The van der Waals surface area contributed by atoms with Crippen LogP contribution in [0.3, 0.4) is 0 Å². The zero-order chi connectivity index (χ0) is 11.3. The average molecular weight is 251 g/mol. The first-order valence-electron chi connectivity index (χ1n) is 5.66. The number of ether oxygens (including phenoxy) is 1. The van der Waals surface area contributed by atoms with E-state index in [9.17, 15) is 4.79 Å². The van der Waals surface area contributed by atoms with Crippen molar-refractivity contribution < 1.29 is 9.53 Å². The fourth-order valence-electron chi connectivity index (χ4n) is 2.15. The van der Waals surface area contributed by atoms with E-state index in [0.717, 1.165) is 12.8 Å². The van der Waals surface area contributed by atoms with Gasteiger partial charge in [-0.25, -0.2) is 0 Å². The van der Waals surface area contributed by atoms with E-state index >= 15 is 0 Å². The van der Waals surface area contributed by atoms with Gasteiger partial charge in [0, 0.05) is 19.2 Å². The minimum atomic E-state index is -0.510. The van der Waals surface area contributed by atoms with E-state index in [0.29, 0.717) is 0 Å². The third-order valence-electron chi connectivity index (χ3n) is 3.17. The van der Waals surface area contributed by atoms with Crippen LogP contribution in [-0.4, -0.2) is 31.2 Å². The highest BCUT2D eigenvalue weighted by Gasteiger charge is 2.30. The number of carbonyl (C=O) groups excluding carboxylic acids is 1. The van der Waals surface area contributed by atoms with E-state index in [-0.39, 0.29) is 30.4 Å². The second-order valence-corrected chi connectivity index (χ2v) is 4.57. The van der Waals surface area contributed by atoms with Crippen LogP contribution in [-0.2, 0) is 9.53 Å². The number of amides is 1. The minimum Gasteiger partial charge on any atom is -0.370 e. The number of nitrogens with one attached hydrogen (secondary N) is 1. The number of halogens is 1. The summed E-state index contributed by atoms with van der Waals surface area (Å²) in [5.41, 5.74) is 5.39. The van der Waals surface area contributed by atoms with Gasteiger partial charge in [-0.15, -0.1) is 12.4 Å². The molecule has 0 radical (unpaired) electrons. The van der Waals surface area contributed by atoms with Crippen molar-refractivity contribution in [2.24, 2.45) is 5.73 Å². The Kier molecular flexibility index (Phi) is 6.95. The normalized spacial score (nSPS) is 20.7. The summed E-state index contributed by atoms with van der Waals surface area (Å²) in [6.07, 6.45) is 5.26. The van der Waals surface area contributed by atoms with Crippen LogP contribution >= 0.6 is 12.4 Å². The molecular formula is C11H23ClN2O2. The van der Waals surface area contributed by atoms with Crippen molar-refractivity contribution in [3.8, 4) is 0 Å². The molecule has 1 aliphatic carbocycles. The van der Waals surface area contributed by atoms with Crippen LogP contribution in [0.2, 0.25) is 0 Å². The quantitative estimate of drug-likeness (QED) is 0.789. The molecule has 0 heterocycles. The summed E-state index contributed by atoms with van der Waals surface area (Å²) in [6.45, 7) is 2.34. The van der Waals surface area contributed by atoms with Crippen LogP contribution in [0.5, 0.6) is 0 Å². The van der Waals surface area contributed by atoms with Crippen LogP contribution < -0.4 is 11.1 Å². The Morgan fingerprint density at radius 2 is 2.00 bits per heavy atom. The number of nitrogens with two attached hydrogens (primary N) is 1. The molecule has 96 valence electrons. The number of hydrogen-bond acceptors (Lipinski definition) is 3. The molecule has 1 fully saturated rings. The van der Waals surface area contributed by atoms with Crippen LogP contribution in [0.15, 0.2) is 0 Å². The summed E-state index contributed by atoms with van der Waals surface area (Å²) in [5, 5.41) is 3.05. The van der Waals surface area contributed by atoms with Gasteiger partial charge in [0.05, 0.1) is 0 Å². The summed E-state index contributed by atoms with van der Waals surface area (Å²) >= 11 is 0. The molecule has 0 bridgehead atoms. The van der Waals surface area contributed by atoms with Gasteiger partial charge in [0.15, 0.2) is 0 Å². The minimum absolute atomic E-state index is 0. The third kappa shape index (κ3) is 4.28. The van der Waals surface area contributed by atoms with E-state index in [1.807, 2.05) is 0 Å². The Balaban J connectivity index is 0.00000225. The standard InChI is InChI=1S/C11H22N2O2.ClH/c1-11(6-4-3-5-7-11)13-10(14)9(8-12)15-2;/h9H,3-8,12H2,1-2H3,(H,13,14);1H. The van der Waals surface area contributed by atoms with Crippen molar-refractivity contribution in [3.63, 3.8) is 0 Å². The molecular weight excluding hydrogens is 228 g/mol. The first-order chi connectivity index (χ1) is 7.11. The molecule has 1 saturated carbocycles. The number of carbonyl (C=O) groups is 1. The molecule has 0 spiro atoms. The largest absolute Gasteiger partial charge is 0.370 e. The number of rotatable bonds is 4. The van der Waals surface area contributed by atoms with Crippen molar-refractivity contribution in [1.29, 1.82) is 0 Å². The third-order valence-corrected chi connectivity index (χ3v) is 3.17. The molecule has 0 aromatic carbocycles. The monoisotopic (exact) mass is 250 g/mol.